The first-order valence-electron chi connectivity index (χ1n) is 4.68. The summed E-state index contributed by atoms with van der Waals surface area (Å²) >= 11 is 0. The first-order valence-corrected chi connectivity index (χ1v) is 4.68. The average Bonchev–Trinajstić information content (AvgIpc) is 2.17. The quantitative estimate of drug-likeness (QED) is 0.397. The van der Waals surface area contributed by atoms with Crippen molar-refractivity contribution in [2.45, 2.75) is 33.0 Å². The summed E-state index contributed by atoms with van der Waals surface area (Å²) in [5.41, 5.74) is 0. The summed E-state index contributed by atoms with van der Waals surface area (Å²) in [6, 6.07) is 0. The molecule has 0 radical (unpaired) electrons. The lowest BCUT2D eigenvalue weighted by atomic mass is 10.2. The minimum Gasteiger partial charge on any atom is -0.420 e. The molecule has 0 heterocycles. The lowest BCUT2D eigenvalue weighted by Crippen LogP contribution is -2.35. The highest BCUT2D eigenvalue weighted by atomic mass is 16.7. The van der Waals surface area contributed by atoms with Crippen LogP contribution in [0.1, 0.15) is 27.2 Å². The van der Waals surface area contributed by atoms with Gasteiger partial charge in [0.2, 0.25) is 0 Å². The van der Waals surface area contributed by atoms with E-state index in [1.54, 1.807) is 19.9 Å². The van der Waals surface area contributed by atoms with E-state index in [9.17, 15) is 9.59 Å². The zero-order chi connectivity index (χ0) is 11.9. The van der Waals surface area contributed by atoms with E-state index in [1.807, 2.05) is 0 Å². The van der Waals surface area contributed by atoms with Crippen LogP contribution in [0.3, 0.4) is 0 Å². The van der Waals surface area contributed by atoms with Crippen molar-refractivity contribution in [1.29, 1.82) is 0 Å². The van der Waals surface area contributed by atoms with Gasteiger partial charge in [-0.05, 0) is 6.92 Å². The van der Waals surface area contributed by atoms with E-state index in [0.717, 1.165) is 6.08 Å². The van der Waals surface area contributed by atoms with Crippen molar-refractivity contribution in [3.8, 4) is 0 Å². The second kappa shape index (κ2) is 6.01. The SMILES string of the molecule is C=CC(=O)OC(C)(CC)OC(=O)C=CC. The third-order valence-electron chi connectivity index (χ3n) is 1.74. The molecule has 4 heteroatoms. The first-order chi connectivity index (χ1) is 6.97. The molecule has 0 aliphatic heterocycles. The zero-order valence-corrected chi connectivity index (χ0v) is 9.28. The van der Waals surface area contributed by atoms with E-state index >= 15 is 0 Å². The first kappa shape index (κ1) is 13.4. The Morgan fingerprint density at radius 2 is 1.87 bits per heavy atom. The molecule has 0 aliphatic rings. The Balaban J connectivity index is 4.49. The lowest BCUT2D eigenvalue weighted by molar-refractivity contribution is -0.216. The smallest absolute Gasteiger partial charge is 0.333 e. The summed E-state index contributed by atoms with van der Waals surface area (Å²) in [5, 5.41) is 0. The van der Waals surface area contributed by atoms with Gasteiger partial charge in [-0.3, -0.25) is 0 Å². The Kier molecular flexibility index (Phi) is 5.37. The molecule has 0 fully saturated rings. The van der Waals surface area contributed by atoms with Crippen LogP contribution in [0.25, 0.3) is 0 Å². The van der Waals surface area contributed by atoms with Gasteiger partial charge in [0.15, 0.2) is 0 Å². The van der Waals surface area contributed by atoms with Crippen molar-refractivity contribution < 1.29 is 19.1 Å². The van der Waals surface area contributed by atoms with E-state index in [1.165, 1.54) is 13.0 Å². The standard InChI is InChI=1S/C11H16O4/c1-5-8-10(13)15-11(4,7-3)14-9(12)6-2/h5-6,8H,2,7H2,1,3-4H3. The van der Waals surface area contributed by atoms with Gasteiger partial charge < -0.3 is 9.47 Å². The number of ether oxygens (including phenoxy) is 2. The second-order valence-electron chi connectivity index (χ2n) is 3.03. The molecule has 4 nitrogen and oxygen atoms in total. The molecule has 0 saturated carbocycles. The van der Waals surface area contributed by atoms with Crippen LogP contribution in [0.4, 0.5) is 0 Å². The summed E-state index contributed by atoms with van der Waals surface area (Å²) in [4.78, 5) is 22.1. The maximum atomic E-state index is 11.2. The van der Waals surface area contributed by atoms with Gasteiger partial charge in [0, 0.05) is 25.5 Å². The third kappa shape index (κ3) is 5.00. The molecule has 0 aliphatic carbocycles. The van der Waals surface area contributed by atoms with E-state index < -0.39 is 17.7 Å². The molecule has 0 amide bonds. The Hall–Kier alpha value is -1.58. The van der Waals surface area contributed by atoms with Gasteiger partial charge in [0.05, 0.1) is 0 Å². The number of allylic oxidation sites excluding steroid dienone is 1. The molecule has 0 N–H and O–H groups in total. The van der Waals surface area contributed by atoms with Gasteiger partial charge in [0.1, 0.15) is 0 Å². The van der Waals surface area contributed by atoms with E-state index in [-0.39, 0.29) is 0 Å². The third-order valence-corrected chi connectivity index (χ3v) is 1.74. The molecule has 0 aromatic carbocycles. The zero-order valence-electron chi connectivity index (χ0n) is 9.28. The molecule has 15 heavy (non-hydrogen) atoms. The number of carbonyl (C=O) groups is 2. The van der Waals surface area contributed by atoms with Crippen LogP contribution < -0.4 is 0 Å². The molecule has 1 atom stereocenters. The molecule has 0 aromatic rings. The summed E-state index contributed by atoms with van der Waals surface area (Å²) in [6.45, 7) is 8.23. The highest BCUT2D eigenvalue weighted by Crippen LogP contribution is 2.17. The monoisotopic (exact) mass is 212 g/mol. The molecule has 0 saturated heterocycles. The predicted octanol–water partition coefficient (Wildman–Crippen LogP) is 1.96. The molecule has 0 spiro atoms. The van der Waals surface area contributed by atoms with Gasteiger partial charge in [-0.1, -0.05) is 19.6 Å². The molecule has 84 valence electrons. The van der Waals surface area contributed by atoms with Crippen molar-refractivity contribution in [2.24, 2.45) is 0 Å². The Labute approximate surface area is 89.6 Å². The maximum Gasteiger partial charge on any atom is 0.333 e. The normalized spacial score (nSPS) is 14.3. The van der Waals surface area contributed by atoms with Crippen LogP contribution in [0.2, 0.25) is 0 Å². The Morgan fingerprint density at radius 1 is 1.33 bits per heavy atom. The summed E-state index contributed by atoms with van der Waals surface area (Å²) in [7, 11) is 0. The highest BCUT2D eigenvalue weighted by molar-refractivity contribution is 5.83. The van der Waals surface area contributed by atoms with Gasteiger partial charge in [-0.15, -0.1) is 0 Å². The summed E-state index contributed by atoms with van der Waals surface area (Å²) in [5.74, 6) is -2.40. The molecular formula is C11H16O4. The second-order valence-corrected chi connectivity index (χ2v) is 3.03. The fourth-order valence-corrected chi connectivity index (χ4v) is 0.803. The number of rotatable bonds is 5. The van der Waals surface area contributed by atoms with Crippen LogP contribution >= 0.6 is 0 Å². The Bertz CT molecular complexity index is 280. The van der Waals surface area contributed by atoms with Crippen LogP contribution in [-0.2, 0) is 19.1 Å². The fourth-order valence-electron chi connectivity index (χ4n) is 0.803. The minimum atomic E-state index is -1.23. The van der Waals surface area contributed by atoms with E-state index in [0.29, 0.717) is 6.42 Å². The average molecular weight is 212 g/mol. The topological polar surface area (TPSA) is 52.6 Å². The maximum absolute atomic E-state index is 11.2. The summed E-state index contributed by atoms with van der Waals surface area (Å²) < 4.78 is 9.90. The van der Waals surface area contributed by atoms with Crippen molar-refractivity contribution in [2.75, 3.05) is 0 Å². The number of esters is 2. The van der Waals surface area contributed by atoms with Crippen molar-refractivity contribution in [3.63, 3.8) is 0 Å². The van der Waals surface area contributed by atoms with Crippen LogP contribution in [0, 0.1) is 0 Å². The number of hydrogen-bond donors (Lipinski definition) is 0. The number of hydrogen-bond acceptors (Lipinski definition) is 4. The van der Waals surface area contributed by atoms with Gasteiger partial charge in [-0.25, -0.2) is 9.59 Å². The molecular weight excluding hydrogens is 196 g/mol. The van der Waals surface area contributed by atoms with Crippen molar-refractivity contribution in [3.05, 3.63) is 24.8 Å². The van der Waals surface area contributed by atoms with Crippen LogP contribution in [0.15, 0.2) is 24.8 Å². The predicted molar refractivity (Wildman–Crippen MR) is 55.9 cm³/mol. The van der Waals surface area contributed by atoms with Gasteiger partial charge in [-0.2, -0.15) is 0 Å². The highest BCUT2D eigenvalue weighted by Gasteiger charge is 2.29. The summed E-state index contributed by atoms with van der Waals surface area (Å²) in [6.07, 6.45) is 4.21. The van der Waals surface area contributed by atoms with Gasteiger partial charge in [0.25, 0.3) is 5.79 Å². The van der Waals surface area contributed by atoms with Crippen LogP contribution in [-0.4, -0.2) is 17.7 Å². The van der Waals surface area contributed by atoms with E-state index in [2.05, 4.69) is 6.58 Å². The van der Waals surface area contributed by atoms with Gasteiger partial charge >= 0.3 is 11.9 Å². The van der Waals surface area contributed by atoms with Crippen molar-refractivity contribution in [1.82, 2.24) is 0 Å². The molecule has 0 aromatic heterocycles. The molecule has 0 bridgehead atoms. The molecule has 0 rings (SSSR count). The fraction of sp³-hybridized carbons (Fsp3) is 0.455. The lowest BCUT2D eigenvalue weighted by Gasteiger charge is -2.26. The largest absolute Gasteiger partial charge is 0.420 e. The minimum absolute atomic E-state index is 0.371. The Morgan fingerprint density at radius 3 is 2.27 bits per heavy atom. The van der Waals surface area contributed by atoms with Crippen molar-refractivity contribution >= 4 is 11.9 Å². The van der Waals surface area contributed by atoms with E-state index in [4.69, 9.17) is 9.47 Å². The molecule has 1 unspecified atom stereocenters. The number of carbonyl (C=O) groups excluding carboxylic acids is 2. The van der Waals surface area contributed by atoms with Crippen LogP contribution in [0.5, 0.6) is 0 Å².